The number of ketones is 1. The average Bonchev–Trinajstić information content (AvgIpc) is 2.60. The molecule has 1 aromatic carbocycles. The van der Waals surface area contributed by atoms with Crippen molar-refractivity contribution < 1.29 is 14.3 Å². The SMILES string of the molecule is [B]CN[C@@H](C)C(=O)c1ccc2c(c1)OC([B])([B])O2. The molecule has 86 valence electrons. The largest absolute Gasteiger partial charge is 0.468 e. The Bertz CT molecular complexity index is 479. The number of hydrogen-bond acceptors (Lipinski definition) is 4. The van der Waals surface area contributed by atoms with Gasteiger partial charge in [-0.1, -0.05) is 0 Å². The number of ether oxygens (including phenoxy) is 2. The zero-order valence-corrected chi connectivity index (χ0v) is 9.97. The molecule has 0 saturated heterocycles. The van der Waals surface area contributed by atoms with Crippen molar-refractivity contribution in [2.75, 3.05) is 6.44 Å². The van der Waals surface area contributed by atoms with Crippen molar-refractivity contribution in [2.24, 2.45) is 0 Å². The maximum absolute atomic E-state index is 12.0. The molecular weight excluding hydrogens is 227 g/mol. The Morgan fingerprint density at radius 3 is 2.72 bits per heavy atom. The molecule has 0 saturated carbocycles. The first-order valence-electron chi connectivity index (χ1n) is 5.50. The third kappa shape index (κ3) is 2.56. The van der Waals surface area contributed by atoms with Crippen molar-refractivity contribution in [1.29, 1.82) is 0 Å². The molecular formula is C11H10B3NO3. The van der Waals surface area contributed by atoms with Gasteiger partial charge < -0.3 is 14.8 Å². The lowest BCUT2D eigenvalue weighted by Gasteiger charge is -2.18. The van der Waals surface area contributed by atoms with Gasteiger partial charge in [-0.25, -0.2) is 0 Å². The fraction of sp³-hybridized carbons (Fsp3) is 0.364. The highest BCUT2D eigenvalue weighted by Gasteiger charge is 2.31. The van der Waals surface area contributed by atoms with E-state index in [2.05, 4.69) is 5.32 Å². The fourth-order valence-corrected chi connectivity index (χ4v) is 1.71. The number of nitrogens with one attached hydrogen (secondary N) is 1. The Hall–Kier alpha value is -1.36. The van der Waals surface area contributed by atoms with Gasteiger partial charge in [0.2, 0.25) is 0 Å². The molecule has 0 aromatic heterocycles. The molecule has 4 nitrogen and oxygen atoms in total. The van der Waals surface area contributed by atoms with Crippen LogP contribution in [0.1, 0.15) is 17.3 Å². The van der Waals surface area contributed by atoms with Gasteiger partial charge in [0.1, 0.15) is 0 Å². The van der Waals surface area contributed by atoms with Crippen LogP contribution in [0.15, 0.2) is 18.2 Å². The highest BCUT2D eigenvalue weighted by molar-refractivity contribution is 6.38. The van der Waals surface area contributed by atoms with Crippen LogP contribution in [0.5, 0.6) is 11.5 Å². The molecule has 6 radical (unpaired) electrons. The molecule has 0 bridgehead atoms. The summed E-state index contributed by atoms with van der Waals surface area (Å²) < 4.78 is 10.3. The summed E-state index contributed by atoms with van der Waals surface area (Å²) in [4.78, 5) is 12.0. The van der Waals surface area contributed by atoms with Gasteiger partial charge in [-0.05, 0) is 31.6 Å². The number of benzene rings is 1. The summed E-state index contributed by atoms with van der Waals surface area (Å²) in [5.74, 6) is 0.667. The quantitative estimate of drug-likeness (QED) is 0.576. The first kappa shape index (κ1) is 13.1. The van der Waals surface area contributed by atoms with Crippen molar-refractivity contribution in [1.82, 2.24) is 5.32 Å². The van der Waals surface area contributed by atoms with Crippen LogP contribution in [-0.4, -0.2) is 47.4 Å². The van der Waals surface area contributed by atoms with E-state index in [9.17, 15) is 4.79 Å². The summed E-state index contributed by atoms with van der Waals surface area (Å²) >= 11 is 0. The van der Waals surface area contributed by atoms with Crippen molar-refractivity contribution in [3.63, 3.8) is 0 Å². The van der Waals surface area contributed by atoms with Crippen LogP contribution in [0.3, 0.4) is 0 Å². The minimum atomic E-state index is -1.68. The Labute approximate surface area is 110 Å². The minimum absolute atomic E-state index is 0.0987. The van der Waals surface area contributed by atoms with Crippen molar-refractivity contribution in [2.45, 2.75) is 18.6 Å². The minimum Gasteiger partial charge on any atom is -0.468 e. The monoisotopic (exact) mass is 237 g/mol. The molecule has 1 aliphatic heterocycles. The predicted molar refractivity (Wildman–Crippen MR) is 69.5 cm³/mol. The van der Waals surface area contributed by atoms with Crippen LogP contribution in [0.4, 0.5) is 0 Å². The van der Waals surface area contributed by atoms with Gasteiger partial charge in [-0.15, -0.1) is 0 Å². The highest BCUT2D eigenvalue weighted by atomic mass is 16.7. The standard InChI is InChI=1S/C11H10B3NO3/c1-6(15-5-12)10(16)7-2-3-8-9(4-7)18-11(13,14)17-8/h2-4,6,15H,5H2,1H3/t6-/m0/s1. The Balaban J connectivity index is 2.21. The van der Waals surface area contributed by atoms with Gasteiger partial charge in [0, 0.05) is 5.56 Å². The summed E-state index contributed by atoms with van der Waals surface area (Å²) in [5, 5.41) is 2.83. The molecule has 2 rings (SSSR count). The Kier molecular flexibility index (Phi) is 3.44. The van der Waals surface area contributed by atoms with Gasteiger partial charge in [0.05, 0.1) is 13.9 Å². The van der Waals surface area contributed by atoms with Gasteiger partial charge in [0.15, 0.2) is 38.6 Å². The van der Waals surface area contributed by atoms with Crippen LogP contribution in [0.2, 0.25) is 0 Å². The molecule has 1 aromatic rings. The molecule has 0 amide bonds. The third-order valence-corrected chi connectivity index (χ3v) is 2.58. The molecule has 0 unspecified atom stereocenters. The second kappa shape index (κ2) is 4.73. The molecule has 1 heterocycles. The van der Waals surface area contributed by atoms with E-state index in [1.807, 2.05) is 0 Å². The van der Waals surface area contributed by atoms with Gasteiger partial charge in [-0.3, -0.25) is 4.79 Å². The summed E-state index contributed by atoms with van der Waals surface area (Å²) in [5.41, 5.74) is -1.20. The third-order valence-electron chi connectivity index (χ3n) is 2.58. The Morgan fingerprint density at radius 2 is 2.06 bits per heavy atom. The van der Waals surface area contributed by atoms with Crippen LogP contribution in [-0.2, 0) is 0 Å². The molecule has 7 heteroatoms. The lowest BCUT2D eigenvalue weighted by molar-refractivity contribution is 0.0831. The van der Waals surface area contributed by atoms with Crippen LogP contribution in [0.25, 0.3) is 0 Å². The number of fused-ring (bicyclic) bond motifs is 1. The zero-order valence-electron chi connectivity index (χ0n) is 9.97. The summed E-state index contributed by atoms with van der Waals surface area (Å²) in [6, 6.07) is 4.39. The summed E-state index contributed by atoms with van der Waals surface area (Å²) in [6.45, 7) is 1.73. The second-order valence-corrected chi connectivity index (χ2v) is 4.08. The smallest absolute Gasteiger partial charge is 0.179 e. The highest BCUT2D eigenvalue weighted by Crippen LogP contribution is 2.37. The summed E-state index contributed by atoms with van der Waals surface area (Å²) in [7, 11) is 16.3. The fourth-order valence-electron chi connectivity index (χ4n) is 1.71. The van der Waals surface area contributed by atoms with Crippen molar-refractivity contribution >= 4 is 29.3 Å². The number of carbonyl (C=O) groups excluding carboxylic acids is 1. The number of Topliss-reactive ketones (excluding diaryl/α,β-unsaturated/α-hetero) is 1. The van der Waals surface area contributed by atoms with E-state index in [0.29, 0.717) is 17.1 Å². The molecule has 0 spiro atoms. The maximum Gasteiger partial charge on any atom is 0.179 e. The predicted octanol–water partition coefficient (Wildman–Crippen LogP) is -0.307. The topological polar surface area (TPSA) is 47.6 Å². The lowest BCUT2D eigenvalue weighted by Crippen LogP contribution is -2.39. The van der Waals surface area contributed by atoms with Crippen molar-refractivity contribution in [3.05, 3.63) is 23.8 Å². The summed E-state index contributed by atoms with van der Waals surface area (Å²) in [6.07, 6.45) is 0.228. The van der Waals surface area contributed by atoms with Gasteiger partial charge >= 0.3 is 0 Å². The first-order chi connectivity index (χ1) is 8.43. The van der Waals surface area contributed by atoms with E-state index in [0.717, 1.165) is 0 Å². The zero-order chi connectivity index (χ0) is 13.3. The Morgan fingerprint density at radius 1 is 1.39 bits per heavy atom. The molecule has 1 N–H and O–H groups in total. The van der Waals surface area contributed by atoms with Gasteiger partial charge in [0.25, 0.3) is 0 Å². The number of hydrogen-bond donors (Lipinski definition) is 1. The van der Waals surface area contributed by atoms with E-state index < -0.39 is 5.59 Å². The molecule has 0 aliphatic carbocycles. The van der Waals surface area contributed by atoms with Crippen LogP contribution >= 0.6 is 0 Å². The van der Waals surface area contributed by atoms with E-state index >= 15 is 0 Å². The maximum atomic E-state index is 12.0. The van der Waals surface area contributed by atoms with Gasteiger partial charge in [-0.2, -0.15) is 0 Å². The van der Waals surface area contributed by atoms with E-state index in [1.54, 1.807) is 25.1 Å². The number of carbonyl (C=O) groups is 1. The molecule has 0 fully saturated rings. The van der Waals surface area contributed by atoms with E-state index in [1.165, 1.54) is 0 Å². The van der Waals surface area contributed by atoms with E-state index in [4.69, 9.17) is 33.0 Å². The van der Waals surface area contributed by atoms with E-state index in [-0.39, 0.29) is 18.3 Å². The van der Waals surface area contributed by atoms with Crippen LogP contribution < -0.4 is 14.8 Å². The molecule has 1 aliphatic rings. The van der Waals surface area contributed by atoms with Crippen LogP contribution in [0, 0.1) is 0 Å². The molecule has 1 atom stereocenters. The normalized spacial score (nSPS) is 17.4. The molecule has 18 heavy (non-hydrogen) atoms. The van der Waals surface area contributed by atoms with Crippen molar-refractivity contribution in [3.8, 4) is 11.5 Å². The first-order valence-corrected chi connectivity index (χ1v) is 5.50. The number of rotatable bonds is 4. The second-order valence-electron chi connectivity index (χ2n) is 4.08. The lowest BCUT2D eigenvalue weighted by atomic mass is 9.76. The average molecular weight is 237 g/mol.